The van der Waals surface area contributed by atoms with E-state index in [0.29, 0.717) is 30.4 Å². The number of ether oxygens (including phenoxy) is 1. The molecular formula is C25H27FIN5O2. The molecule has 1 N–H and O–H groups in total. The molecule has 1 fully saturated rings. The van der Waals surface area contributed by atoms with Crippen LogP contribution >= 0.6 is 21.0 Å². The van der Waals surface area contributed by atoms with E-state index < -0.39 is 26.9 Å². The van der Waals surface area contributed by atoms with Gasteiger partial charge in [-0.05, 0) is 65.4 Å². The van der Waals surface area contributed by atoms with Crippen molar-refractivity contribution in [2.45, 2.75) is 32.2 Å². The normalized spacial score (nSPS) is 18.0. The molecule has 0 saturated carbocycles. The van der Waals surface area contributed by atoms with Crippen LogP contribution in [0.4, 0.5) is 4.39 Å². The number of hydrogen-bond donors (Lipinski definition) is 1. The molecule has 34 heavy (non-hydrogen) atoms. The van der Waals surface area contributed by atoms with Crippen LogP contribution in [0.5, 0.6) is 5.88 Å². The highest BCUT2D eigenvalue weighted by Crippen LogP contribution is 2.31. The lowest BCUT2D eigenvalue weighted by atomic mass is 9.87. The van der Waals surface area contributed by atoms with Crippen molar-refractivity contribution in [1.29, 1.82) is 3.56 Å². The van der Waals surface area contributed by atoms with Crippen LogP contribution in [0, 0.1) is 22.2 Å². The SMILES string of the molecule is Cc1ccc(-c2ncccn2)c(C(=O)N2CCCC(COc3ccc(F)cn3)C2CCI=N)c1. The van der Waals surface area contributed by atoms with E-state index in [0.717, 1.165) is 41.0 Å². The van der Waals surface area contributed by atoms with Gasteiger partial charge in [-0.25, -0.2) is 19.3 Å². The molecule has 1 amide bonds. The summed E-state index contributed by atoms with van der Waals surface area (Å²) >= 11 is -0.643. The monoisotopic (exact) mass is 575 g/mol. The fourth-order valence-corrected chi connectivity index (χ4v) is 5.35. The topological polar surface area (TPSA) is 92.1 Å². The summed E-state index contributed by atoms with van der Waals surface area (Å²) in [4.78, 5) is 28.6. The van der Waals surface area contributed by atoms with E-state index in [4.69, 9.17) is 8.30 Å². The number of nitrogens with zero attached hydrogens (tertiary/aromatic N) is 4. The van der Waals surface area contributed by atoms with Crippen molar-refractivity contribution in [3.63, 3.8) is 0 Å². The lowest BCUT2D eigenvalue weighted by Gasteiger charge is -2.41. The first-order valence-corrected chi connectivity index (χ1v) is 13.9. The van der Waals surface area contributed by atoms with Gasteiger partial charge in [-0.2, -0.15) is 0 Å². The van der Waals surface area contributed by atoms with E-state index in [1.54, 1.807) is 18.5 Å². The number of amides is 1. The molecule has 2 atom stereocenters. The van der Waals surface area contributed by atoms with Crippen LogP contribution in [0.2, 0.25) is 0 Å². The average molecular weight is 575 g/mol. The van der Waals surface area contributed by atoms with Crippen LogP contribution in [-0.2, 0) is 0 Å². The second kappa shape index (κ2) is 11.5. The van der Waals surface area contributed by atoms with Crippen LogP contribution in [0.15, 0.2) is 55.0 Å². The van der Waals surface area contributed by atoms with E-state index >= 15 is 0 Å². The summed E-state index contributed by atoms with van der Waals surface area (Å²) in [5.74, 6) is 0.568. The molecule has 0 bridgehead atoms. The molecular weight excluding hydrogens is 548 g/mol. The van der Waals surface area contributed by atoms with E-state index in [9.17, 15) is 9.18 Å². The zero-order chi connectivity index (χ0) is 23.9. The van der Waals surface area contributed by atoms with Crippen LogP contribution in [-0.4, -0.2) is 49.4 Å². The minimum absolute atomic E-state index is 0.0307. The number of hydrogen-bond acceptors (Lipinski definition) is 6. The predicted molar refractivity (Wildman–Crippen MR) is 136 cm³/mol. The number of benzene rings is 1. The molecule has 1 aliphatic rings. The van der Waals surface area contributed by atoms with Crippen molar-refractivity contribution in [3.8, 4) is 17.3 Å². The highest BCUT2D eigenvalue weighted by atomic mass is 127. The first kappa shape index (κ1) is 24.3. The summed E-state index contributed by atoms with van der Waals surface area (Å²) in [5, 5.41) is 0. The van der Waals surface area contributed by atoms with Gasteiger partial charge in [-0.1, -0.05) is 17.7 Å². The zero-order valence-corrected chi connectivity index (χ0v) is 21.1. The Bertz CT molecular complexity index is 1130. The Morgan fingerprint density at radius 2 is 2.06 bits per heavy atom. The molecule has 2 unspecified atom stereocenters. The number of carbonyl (C=O) groups excluding carboxylic acids is 1. The fourth-order valence-electron chi connectivity index (χ4n) is 4.40. The summed E-state index contributed by atoms with van der Waals surface area (Å²) in [7, 11) is 0. The van der Waals surface area contributed by atoms with E-state index in [1.165, 1.54) is 12.1 Å². The molecule has 1 aromatic carbocycles. The molecule has 1 aliphatic heterocycles. The van der Waals surface area contributed by atoms with Gasteiger partial charge in [0.05, 0.1) is 18.4 Å². The number of likely N-dealkylation sites (tertiary alicyclic amines) is 1. The highest BCUT2D eigenvalue weighted by molar-refractivity contribution is 14.1. The molecule has 0 radical (unpaired) electrons. The second-order valence-electron chi connectivity index (χ2n) is 8.33. The van der Waals surface area contributed by atoms with Gasteiger partial charge in [0.15, 0.2) is 5.82 Å². The largest absolute Gasteiger partial charge is 0.477 e. The molecule has 2 aromatic heterocycles. The summed E-state index contributed by atoms with van der Waals surface area (Å²) < 4.78 is 27.6. The predicted octanol–water partition coefficient (Wildman–Crippen LogP) is 5.41. The van der Waals surface area contributed by atoms with E-state index in [-0.39, 0.29) is 17.9 Å². The van der Waals surface area contributed by atoms with Crippen LogP contribution in [0.25, 0.3) is 11.4 Å². The summed E-state index contributed by atoms with van der Waals surface area (Å²) in [6.07, 6.45) is 7.06. The van der Waals surface area contributed by atoms with Crippen LogP contribution < -0.4 is 4.74 Å². The number of halogens is 2. The average Bonchev–Trinajstić information content (AvgIpc) is 2.87. The maximum absolute atomic E-state index is 13.9. The number of aryl methyl sites for hydroxylation is 1. The third kappa shape index (κ3) is 5.81. The van der Waals surface area contributed by atoms with Gasteiger partial charge in [0.1, 0.15) is 5.82 Å². The molecule has 3 heterocycles. The minimum atomic E-state index is -0.643. The number of nitrogens with one attached hydrogen (secondary N) is 1. The van der Waals surface area contributed by atoms with Gasteiger partial charge in [0.25, 0.3) is 5.91 Å². The van der Waals surface area contributed by atoms with Gasteiger partial charge in [-0.15, -0.1) is 0 Å². The third-order valence-electron chi connectivity index (χ3n) is 6.04. The molecule has 9 heteroatoms. The van der Waals surface area contributed by atoms with E-state index in [1.807, 2.05) is 30.0 Å². The zero-order valence-electron chi connectivity index (χ0n) is 19.0. The quantitative estimate of drug-likeness (QED) is 0.287. The lowest BCUT2D eigenvalue weighted by molar-refractivity contribution is 0.0397. The maximum atomic E-state index is 13.9. The van der Waals surface area contributed by atoms with Gasteiger partial charge in [0.2, 0.25) is 5.88 Å². The van der Waals surface area contributed by atoms with Gasteiger partial charge in [-0.3, -0.25) is 8.36 Å². The molecule has 0 aliphatic carbocycles. The Kier molecular flexibility index (Phi) is 8.25. The Morgan fingerprint density at radius 3 is 2.79 bits per heavy atom. The second-order valence-corrected chi connectivity index (χ2v) is 10.2. The van der Waals surface area contributed by atoms with E-state index in [2.05, 4.69) is 15.0 Å². The Labute approximate surface area is 208 Å². The molecule has 178 valence electrons. The number of piperidine rings is 1. The van der Waals surface area contributed by atoms with Crippen molar-refractivity contribution in [1.82, 2.24) is 19.9 Å². The van der Waals surface area contributed by atoms with Crippen LogP contribution in [0.3, 0.4) is 0 Å². The molecule has 1 saturated heterocycles. The number of alkyl halides is 1. The lowest BCUT2D eigenvalue weighted by Crippen LogP contribution is -2.50. The fraction of sp³-hybridized carbons (Fsp3) is 0.360. The molecule has 3 aromatic rings. The Balaban J connectivity index is 1.60. The van der Waals surface area contributed by atoms with Gasteiger partial charge in [0, 0.05) is 47.0 Å². The standard InChI is InChI=1S/C25H27FIN5O2/c1-17-5-7-20(24-29-11-3-12-30-24)21(14-17)25(33)32-13-2-4-18(22(32)9-10-27-28)16-34-23-8-6-19(26)15-31-23/h3,5-8,11-12,14-15,18,22,28H,2,4,9-10,13,16H2,1H3. The highest BCUT2D eigenvalue weighted by Gasteiger charge is 2.35. The van der Waals surface area contributed by atoms with Gasteiger partial charge >= 0.3 is 0 Å². The summed E-state index contributed by atoms with van der Waals surface area (Å²) in [6.45, 7) is 3.02. The number of pyridine rings is 1. The first-order valence-electron chi connectivity index (χ1n) is 11.2. The number of rotatable bonds is 8. The molecule has 4 rings (SSSR count). The third-order valence-corrected chi connectivity index (χ3v) is 7.20. The van der Waals surface area contributed by atoms with Crippen molar-refractivity contribution in [2.75, 3.05) is 17.6 Å². The minimum Gasteiger partial charge on any atom is -0.477 e. The number of aromatic nitrogens is 3. The van der Waals surface area contributed by atoms with Crippen molar-refractivity contribution < 1.29 is 13.9 Å². The molecule has 7 nitrogen and oxygen atoms in total. The van der Waals surface area contributed by atoms with Crippen molar-refractivity contribution in [3.05, 3.63) is 71.9 Å². The maximum Gasteiger partial charge on any atom is 0.254 e. The number of carbonyl (C=O) groups is 1. The Hall–Kier alpha value is -2.82. The Morgan fingerprint density at radius 1 is 1.24 bits per heavy atom. The summed E-state index contributed by atoms with van der Waals surface area (Å²) in [5.41, 5.74) is 2.31. The molecule has 0 spiro atoms. The van der Waals surface area contributed by atoms with Crippen molar-refractivity contribution in [2.24, 2.45) is 5.92 Å². The van der Waals surface area contributed by atoms with Gasteiger partial charge < -0.3 is 9.64 Å². The van der Waals surface area contributed by atoms with Crippen LogP contribution in [0.1, 0.15) is 35.2 Å². The smallest absolute Gasteiger partial charge is 0.254 e. The first-order chi connectivity index (χ1) is 16.6. The summed E-state index contributed by atoms with van der Waals surface area (Å²) in [6, 6.07) is 10.3. The van der Waals surface area contributed by atoms with Crippen molar-refractivity contribution >= 4 is 26.9 Å².